The van der Waals surface area contributed by atoms with Gasteiger partial charge in [-0.15, -0.1) is 0 Å². The molecule has 1 unspecified atom stereocenters. The number of hydrogen-bond acceptors (Lipinski definition) is 3. The van der Waals surface area contributed by atoms with Gasteiger partial charge in [0.1, 0.15) is 0 Å². The third-order valence-corrected chi connectivity index (χ3v) is 4.07. The number of likely N-dealkylation sites (tertiary alicyclic amines) is 1. The fourth-order valence-electron chi connectivity index (χ4n) is 2.94. The van der Waals surface area contributed by atoms with E-state index in [1.165, 1.54) is 6.42 Å². The monoisotopic (exact) mass is 284 g/mol. The van der Waals surface area contributed by atoms with Crippen molar-refractivity contribution < 1.29 is 4.79 Å². The molecule has 0 aliphatic carbocycles. The van der Waals surface area contributed by atoms with Gasteiger partial charge < -0.3 is 4.90 Å². The minimum atomic E-state index is 0.127. The van der Waals surface area contributed by atoms with Crippen molar-refractivity contribution in [2.24, 2.45) is 0 Å². The molecule has 3 heterocycles. The molecular weight excluding hydrogens is 264 g/mol. The molecule has 1 saturated heterocycles. The average molecular weight is 284 g/mol. The van der Waals surface area contributed by atoms with Crippen LogP contribution in [0.25, 0.3) is 0 Å². The third kappa shape index (κ3) is 3.29. The Labute approximate surface area is 124 Å². The SMILES string of the molecule is O=C(c1ccncc1)N1CCCCC1CCn1cccn1. The summed E-state index contributed by atoms with van der Waals surface area (Å²) in [6, 6.07) is 5.83. The van der Waals surface area contributed by atoms with E-state index in [1.54, 1.807) is 30.7 Å². The second-order valence-corrected chi connectivity index (χ2v) is 5.44. The summed E-state index contributed by atoms with van der Waals surface area (Å²) in [4.78, 5) is 18.7. The van der Waals surface area contributed by atoms with Gasteiger partial charge in [0.05, 0.1) is 0 Å². The van der Waals surface area contributed by atoms with Gasteiger partial charge in [-0.3, -0.25) is 14.5 Å². The highest BCUT2D eigenvalue weighted by Crippen LogP contribution is 2.22. The van der Waals surface area contributed by atoms with E-state index in [4.69, 9.17) is 0 Å². The maximum absolute atomic E-state index is 12.6. The number of piperidine rings is 1. The van der Waals surface area contributed by atoms with Crippen molar-refractivity contribution in [3.8, 4) is 0 Å². The Bertz CT molecular complexity index is 567. The molecule has 1 aliphatic rings. The standard InChI is InChI=1S/C16H20N4O/c21-16(14-5-9-17-10-6-14)20-12-2-1-4-15(20)7-13-19-11-3-8-18-19/h3,5-6,8-11,15H,1-2,4,7,12-13H2. The molecule has 0 saturated carbocycles. The summed E-state index contributed by atoms with van der Waals surface area (Å²) in [5.74, 6) is 0.127. The van der Waals surface area contributed by atoms with Crippen molar-refractivity contribution in [3.63, 3.8) is 0 Å². The van der Waals surface area contributed by atoms with Crippen LogP contribution in [0.4, 0.5) is 0 Å². The Hall–Kier alpha value is -2.17. The minimum absolute atomic E-state index is 0.127. The van der Waals surface area contributed by atoms with Gasteiger partial charge in [0.25, 0.3) is 5.91 Å². The number of hydrogen-bond donors (Lipinski definition) is 0. The van der Waals surface area contributed by atoms with Crippen LogP contribution in [0.5, 0.6) is 0 Å². The van der Waals surface area contributed by atoms with Crippen LogP contribution in [-0.2, 0) is 6.54 Å². The highest BCUT2D eigenvalue weighted by molar-refractivity contribution is 5.94. The minimum Gasteiger partial charge on any atom is -0.336 e. The van der Waals surface area contributed by atoms with Crippen molar-refractivity contribution in [1.29, 1.82) is 0 Å². The molecule has 21 heavy (non-hydrogen) atoms. The Morgan fingerprint density at radius 3 is 2.86 bits per heavy atom. The van der Waals surface area contributed by atoms with E-state index in [2.05, 4.69) is 10.1 Å². The second-order valence-electron chi connectivity index (χ2n) is 5.44. The number of pyridine rings is 1. The number of aromatic nitrogens is 3. The summed E-state index contributed by atoms with van der Waals surface area (Å²) in [5.41, 5.74) is 0.732. The topological polar surface area (TPSA) is 51.0 Å². The zero-order chi connectivity index (χ0) is 14.5. The molecule has 2 aromatic heterocycles. The van der Waals surface area contributed by atoms with Crippen molar-refractivity contribution in [2.45, 2.75) is 38.3 Å². The molecule has 0 bridgehead atoms. The molecule has 2 aromatic rings. The van der Waals surface area contributed by atoms with Crippen LogP contribution in [0.1, 0.15) is 36.0 Å². The lowest BCUT2D eigenvalue weighted by molar-refractivity contribution is 0.0594. The summed E-state index contributed by atoms with van der Waals surface area (Å²) < 4.78 is 1.93. The van der Waals surface area contributed by atoms with E-state index in [1.807, 2.05) is 21.8 Å². The molecule has 0 radical (unpaired) electrons. The maximum Gasteiger partial charge on any atom is 0.254 e. The summed E-state index contributed by atoms with van der Waals surface area (Å²) >= 11 is 0. The predicted octanol–water partition coefficient (Wildman–Crippen LogP) is 2.36. The van der Waals surface area contributed by atoms with Crippen LogP contribution in [0, 0.1) is 0 Å². The maximum atomic E-state index is 12.6. The molecule has 3 rings (SSSR count). The van der Waals surface area contributed by atoms with E-state index < -0.39 is 0 Å². The summed E-state index contributed by atoms with van der Waals surface area (Å²) in [5, 5.41) is 4.23. The Balaban J connectivity index is 1.67. The predicted molar refractivity (Wildman–Crippen MR) is 79.8 cm³/mol. The zero-order valence-corrected chi connectivity index (χ0v) is 12.1. The van der Waals surface area contributed by atoms with E-state index in [0.717, 1.165) is 37.9 Å². The van der Waals surface area contributed by atoms with E-state index in [-0.39, 0.29) is 5.91 Å². The highest BCUT2D eigenvalue weighted by atomic mass is 16.2. The van der Waals surface area contributed by atoms with Crippen LogP contribution >= 0.6 is 0 Å². The Kier molecular flexibility index (Phi) is 4.28. The van der Waals surface area contributed by atoms with Crippen molar-refractivity contribution in [2.75, 3.05) is 6.54 Å². The van der Waals surface area contributed by atoms with E-state index >= 15 is 0 Å². The zero-order valence-electron chi connectivity index (χ0n) is 12.1. The van der Waals surface area contributed by atoms with Gasteiger partial charge in [-0.2, -0.15) is 5.10 Å². The lowest BCUT2D eigenvalue weighted by Crippen LogP contribution is -2.44. The van der Waals surface area contributed by atoms with Crippen LogP contribution < -0.4 is 0 Å². The molecule has 110 valence electrons. The van der Waals surface area contributed by atoms with E-state index in [0.29, 0.717) is 6.04 Å². The molecule has 1 aliphatic heterocycles. The molecule has 0 aromatic carbocycles. The van der Waals surface area contributed by atoms with Gasteiger partial charge in [0, 0.05) is 49.5 Å². The average Bonchev–Trinajstić information content (AvgIpc) is 3.07. The van der Waals surface area contributed by atoms with Crippen molar-refractivity contribution >= 4 is 5.91 Å². The first-order valence-electron chi connectivity index (χ1n) is 7.53. The largest absolute Gasteiger partial charge is 0.336 e. The summed E-state index contributed by atoms with van der Waals surface area (Å²) in [6.07, 6.45) is 11.4. The molecule has 1 amide bonds. The highest BCUT2D eigenvalue weighted by Gasteiger charge is 2.27. The molecule has 0 N–H and O–H groups in total. The van der Waals surface area contributed by atoms with Crippen LogP contribution in [0.3, 0.4) is 0 Å². The molecule has 1 fully saturated rings. The summed E-state index contributed by atoms with van der Waals surface area (Å²) in [7, 11) is 0. The third-order valence-electron chi connectivity index (χ3n) is 4.07. The summed E-state index contributed by atoms with van der Waals surface area (Å²) in [6.45, 7) is 1.71. The van der Waals surface area contributed by atoms with Crippen molar-refractivity contribution in [3.05, 3.63) is 48.5 Å². The van der Waals surface area contributed by atoms with Crippen LogP contribution in [-0.4, -0.2) is 38.2 Å². The fourth-order valence-corrected chi connectivity index (χ4v) is 2.94. The smallest absolute Gasteiger partial charge is 0.254 e. The first-order valence-corrected chi connectivity index (χ1v) is 7.53. The van der Waals surface area contributed by atoms with Gasteiger partial charge in [0.15, 0.2) is 0 Å². The molecule has 5 nitrogen and oxygen atoms in total. The van der Waals surface area contributed by atoms with Gasteiger partial charge in [-0.25, -0.2) is 0 Å². The second kappa shape index (κ2) is 6.52. The molecule has 1 atom stereocenters. The van der Waals surface area contributed by atoms with Crippen LogP contribution in [0.15, 0.2) is 43.0 Å². The first kappa shape index (κ1) is 13.8. The number of nitrogens with zero attached hydrogens (tertiary/aromatic N) is 4. The van der Waals surface area contributed by atoms with Crippen LogP contribution in [0.2, 0.25) is 0 Å². The number of carbonyl (C=O) groups excluding carboxylic acids is 1. The van der Waals surface area contributed by atoms with Gasteiger partial charge >= 0.3 is 0 Å². The van der Waals surface area contributed by atoms with E-state index in [9.17, 15) is 4.79 Å². The van der Waals surface area contributed by atoms with Gasteiger partial charge in [-0.1, -0.05) is 0 Å². The molecule has 0 spiro atoms. The number of carbonyl (C=O) groups is 1. The number of aryl methyl sites for hydroxylation is 1. The van der Waals surface area contributed by atoms with Gasteiger partial charge in [-0.05, 0) is 43.9 Å². The normalized spacial score (nSPS) is 18.7. The number of amides is 1. The Morgan fingerprint density at radius 2 is 2.10 bits per heavy atom. The Morgan fingerprint density at radius 1 is 1.24 bits per heavy atom. The number of rotatable bonds is 4. The quantitative estimate of drug-likeness (QED) is 0.866. The fraction of sp³-hybridized carbons (Fsp3) is 0.438. The molecule has 5 heteroatoms. The first-order chi connectivity index (χ1) is 10.3. The lowest BCUT2D eigenvalue weighted by atomic mass is 9.98. The lowest BCUT2D eigenvalue weighted by Gasteiger charge is -2.36. The van der Waals surface area contributed by atoms with Gasteiger partial charge in [0.2, 0.25) is 0 Å². The molecular formula is C16H20N4O. The van der Waals surface area contributed by atoms with Crippen molar-refractivity contribution in [1.82, 2.24) is 19.7 Å².